The number of sulfonamides is 1. The number of hydrogen-bond acceptors (Lipinski definition) is 7. The number of benzene rings is 4. The molecular formula is C34H30N2O6S. The lowest BCUT2D eigenvalue weighted by Gasteiger charge is -2.22. The summed E-state index contributed by atoms with van der Waals surface area (Å²) in [6.07, 6.45) is 1.52. The molecule has 4 aromatic carbocycles. The van der Waals surface area contributed by atoms with Crippen molar-refractivity contribution in [2.45, 2.75) is 18.1 Å². The van der Waals surface area contributed by atoms with Crippen molar-refractivity contribution in [3.63, 3.8) is 0 Å². The van der Waals surface area contributed by atoms with Crippen LogP contribution in [0.15, 0.2) is 132 Å². The minimum Gasteiger partial charge on any atom is -0.487 e. The first kappa shape index (κ1) is 29.5. The highest BCUT2D eigenvalue weighted by Gasteiger charge is 2.26. The Morgan fingerprint density at radius 2 is 1.40 bits per heavy atom. The summed E-state index contributed by atoms with van der Waals surface area (Å²) in [6.45, 7) is 0.133. The van der Waals surface area contributed by atoms with Gasteiger partial charge < -0.3 is 14.2 Å². The molecule has 0 aliphatic carbocycles. The number of rotatable bonds is 12. The molecule has 1 aromatic heterocycles. The van der Waals surface area contributed by atoms with Crippen molar-refractivity contribution in [3.05, 3.63) is 144 Å². The molecule has 0 saturated carbocycles. The fraction of sp³-hybridized carbons (Fsp3) is 0.118. The van der Waals surface area contributed by atoms with Crippen molar-refractivity contribution < 1.29 is 27.4 Å². The van der Waals surface area contributed by atoms with Gasteiger partial charge in [-0.1, -0.05) is 91.0 Å². The van der Waals surface area contributed by atoms with Gasteiger partial charge in [-0.25, -0.2) is 22.5 Å². The zero-order valence-electron chi connectivity index (χ0n) is 23.5. The van der Waals surface area contributed by atoms with Crippen molar-refractivity contribution in [1.82, 2.24) is 4.98 Å². The molecule has 0 aliphatic heterocycles. The molecule has 5 rings (SSSR count). The number of hydrogen-bond donors (Lipinski definition) is 0. The first-order chi connectivity index (χ1) is 21.0. The molecule has 0 N–H and O–H groups in total. The third-order valence-electron chi connectivity index (χ3n) is 6.58. The molecule has 0 aliphatic rings. The van der Waals surface area contributed by atoms with Gasteiger partial charge in [-0.05, 0) is 47.0 Å². The number of carbonyl (C=O) groups is 1. The molecule has 0 unspecified atom stereocenters. The summed E-state index contributed by atoms with van der Waals surface area (Å²) < 4.78 is 45.3. The molecule has 1 heterocycles. The Morgan fingerprint density at radius 3 is 2.02 bits per heavy atom. The van der Waals surface area contributed by atoms with Crippen LogP contribution in [0.5, 0.6) is 5.75 Å². The minimum absolute atomic E-state index is 0.0594. The summed E-state index contributed by atoms with van der Waals surface area (Å²) in [6, 6.07) is 35.7. The smallest absolute Gasteiger partial charge is 0.342 e. The summed E-state index contributed by atoms with van der Waals surface area (Å²) in [5.74, 6) is 0.0554. The Bertz CT molecular complexity index is 1750. The lowest BCUT2D eigenvalue weighted by Crippen LogP contribution is -2.33. The van der Waals surface area contributed by atoms with Gasteiger partial charge in [0.05, 0.1) is 4.90 Å². The van der Waals surface area contributed by atoms with E-state index in [1.165, 1.54) is 25.4 Å². The molecule has 0 fully saturated rings. The average molecular weight is 595 g/mol. The first-order valence-corrected chi connectivity index (χ1v) is 15.0. The maximum absolute atomic E-state index is 13.5. The Kier molecular flexibility index (Phi) is 9.46. The van der Waals surface area contributed by atoms with Crippen LogP contribution >= 0.6 is 0 Å². The van der Waals surface area contributed by atoms with Gasteiger partial charge in [-0.2, -0.15) is 0 Å². The standard InChI is InChI=1S/C34H30N2O6S/c1-40-25-36(32-17-8-9-22-35-32)43(38,39)29-20-18-28(19-21-29)30-15-10-16-31(33(30)41-23-26-11-4-2-5-12-26)34(37)42-24-27-13-6-3-7-14-27/h2-22H,23-25H2,1H3. The zero-order chi connectivity index (χ0) is 30.1. The first-order valence-electron chi connectivity index (χ1n) is 13.5. The summed E-state index contributed by atoms with van der Waals surface area (Å²) in [7, 11) is -2.57. The number of nitrogens with zero attached hydrogens (tertiary/aromatic N) is 2. The van der Waals surface area contributed by atoms with Gasteiger partial charge in [0.1, 0.15) is 37.1 Å². The lowest BCUT2D eigenvalue weighted by atomic mass is 10.0. The second kappa shape index (κ2) is 13.8. The third kappa shape index (κ3) is 7.09. The Balaban J connectivity index is 1.47. The van der Waals surface area contributed by atoms with Crippen LogP contribution < -0.4 is 9.04 Å². The van der Waals surface area contributed by atoms with E-state index in [9.17, 15) is 13.2 Å². The van der Waals surface area contributed by atoms with Crippen LogP contribution in [-0.4, -0.2) is 33.2 Å². The zero-order valence-corrected chi connectivity index (χ0v) is 24.3. The van der Waals surface area contributed by atoms with Gasteiger partial charge in [0, 0.05) is 18.9 Å². The van der Waals surface area contributed by atoms with Crippen LogP contribution in [-0.2, 0) is 32.7 Å². The highest BCUT2D eigenvalue weighted by molar-refractivity contribution is 7.92. The van der Waals surface area contributed by atoms with Crippen LogP contribution in [0.1, 0.15) is 21.5 Å². The maximum Gasteiger partial charge on any atom is 0.342 e. The number of carbonyl (C=O) groups excluding carboxylic acids is 1. The van der Waals surface area contributed by atoms with Gasteiger partial charge in [0.25, 0.3) is 10.0 Å². The summed E-state index contributed by atoms with van der Waals surface area (Å²) >= 11 is 0. The van der Waals surface area contributed by atoms with E-state index in [0.717, 1.165) is 15.4 Å². The molecular weight excluding hydrogens is 564 g/mol. The number of para-hydroxylation sites is 1. The second-order valence-electron chi connectivity index (χ2n) is 9.50. The molecule has 43 heavy (non-hydrogen) atoms. The van der Waals surface area contributed by atoms with E-state index < -0.39 is 16.0 Å². The van der Waals surface area contributed by atoms with E-state index in [4.69, 9.17) is 14.2 Å². The van der Waals surface area contributed by atoms with Gasteiger partial charge >= 0.3 is 5.97 Å². The SMILES string of the molecule is COCN(c1ccccn1)S(=O)(=O)c1ccc(-c2cccc(C(=O)OCc3ccccc3)c2OCc2ccccc2)cc1. The number of pyridine rings is 1. The number of anilines is 1. The lowest BCUT2D eigenvalue weighted by molar-refractivity contribution is 0.0467. The second-order valence-corrected chi connectivity index (χ2v) is 11.4. The van der Waals surface area contributed by atoms with E-state index in [2.05, 4.69) is 4.98 Å². The third-order valence-corrected chi connectivity index (χ3v) is 8.32. The minimum atomic E-state index is -3.99. The molecule has 0 saturated heterocycles. The van der Waals surface area contributed by atoms with Crippen molar-refractivity contribution in [2.75, 3.05) is 18.1 Å². The predicted octanol–water partition coefficient (Wildman–Crippen LogP) is 6.48. The van der Waals surface area contributed by atoms with E-state index in [-0.39, 0.29) is 36.2 Å². The van der Waals surface area contributed by atoms with Gasteiger partial charge in [-0.15, -0.1) is 0 Å². The molecule has 0 radical (unpaired) electrons. The molecule has 0 atom stereocenters. The van der Waals surface area contributed by atoms with Crippen molar-refractivity contribution in [1.29, 1.82) is 0 Å². The highest BCUT2D eigenvalue weighted by Crippen LogP contribution is 2.35. The van der Waals surface area contributed by atoms with Gasteiger partial charge in [-0.3, -0.25) is 0 Å². The summed E-state index contributed by atoms with van der Waals surface area (Å²) in [5, 5.41) is 0. The largest absolute Gasteiger partial charge is 0.487 e. The molecule has 8 nitrogen and oxygen atoms in total. The fourth-order valence-corrected chi connectivity index (χ4v) is 5.76. The van der Waals surface area contributed by atoms with Crippen LogP contribution in [0.4, 0.5) is 5.82 Å². The van der Waals surface area contributed by atoms with E-state index >= 15 is 0 Å². The molecule has 218 valence electrons. The molecule has 0 spiro atoms. The molecule has 0 amide bonds. The fourth-order valence-electron chi connectivity index (χ4n) is 4.42. The quantitative estimate of drug-likeness (QED) is 0.120. The van der Waals surface area contributed by atoms with Crippen LogP contribution in [0, 0.1) is 0 Å². The Morgan fingerprint density at radius 1 is 0.744 bits per heavy atom. The number of ether oxygens (including phenoxy) is 3. The maximum atomic E-state index is 13.5. The van der Waals surface area contributed by atoms with Crippen LogP contribution in [0.2, 0.25) is 0 Å². The van der Waals surface area contributed by atoms with E-state index in [0.29, 0.717) is 16.9 Å². The van der Waals surface area contributed by atoms with Crippen molar-refractivity contribution in [2.24, 2.45) is 0 Å². The Labute approximate surface area is 251 Å². The monoisotopic (exact) mass is 594 g/mol. The number of aromatic nitrogens is 1. The van der Waals surface area contributed by atoms with E-state index in [1.54, 1.807) is 42.5 Å². The Hall–Kier alpha value is -4.99. The van der Waals surface area contributed by atoms with E-state index in [1.807, 2.05) is 66.7 Å². The average Bonchev–Trinajstić information content (AvgIpc) is 3.06. The van der Waals surface area contributed by atoms with Crippen LogP contribution in [0.25, 0.3) is 11.1 Å². The summed E-state index contributed by atoms with van der Waals surface area (Å²) in [4.78, 5) is 17.5. The van der Waals surface area contributed by atoms with Crippen molar-refractivity contribution in [3.8, 4) is 16.9 Å². The van der Waals surface area contributed by atoms with Gasteiger partial charge in [0.2, 0.25) is 0 Å². The summed E-state index contributed by atoms with van der Waals surface area (Å²) in [5.41, 5.74) is 3.34. The van der Waals surface area contributed by atoms with Crippen LogP contribution in [0.3, 0.4) is 0 Å². The highest BCUT2D eigenvalue weighted by atomic mass is 32.2. The topological polar surface area (TPSA) is 95.0 Å². The predicted molar refractivity (Wildman–Crippen MR) is 164 cm³/mol. The molecule has 5 aromatic rings. The normalized spacial score (nSPS) is 11.1. The molecule has 9 heteroatoms. The van der Waals surface area contributed by atoms with Crippen molar-refractivity contribution >= 4 is 21.8 Å². The molecule has 0 bridgehead atoms. The number of esters is 1. The van der Waals surface area contributed by atoms with Gasteiger partial charge in [0.15, 0.2) is 0 Å². The number of methoxy groups -OCH3 is 1.